The molecule has 1 heterocycles. The normalized spacial score (nSPS) is 54.9. The van der Waals surface area contributed by atoms with E-state index in [0.29, 0.717) is 45.6 Å². The third-order valence-electron chi connectivity index (χ3n) is 31.1. The lowest BCUT2D eigenvalue weighted by molar-refractivity contribution is -0.132. The molecular weight excluding hydrogens is 1000 g/mol. The van der Waals surface area contributed by atoms with Crippen LogP contribution in [0.5, 0.6) is 0 Å². The molecule has 1 spiro atoms. The van der Waals surface area contributed by atoms with Gasteiger partial charge in [0.15, 0.2) is 5.78 Å². The van der Waals surface area contributed by atoms with Crippen LogP contribution in [0, 0.1) is 134 Å². The van der Waals surface area contributed by atoms with Gasteiger partial charge < -0.3 is 20.1 Å². The highest BCUT2D eigenvalue weighted by molar-refractivity contribution is 5.91. The number of allylic oxidation sites excluding steroid dienone is 3. The number of Topliss-reactive ketones (excluding diaryl/α,β-unsaturated/α-hetero) is 2. The van der Waals surface area contributed by atoms with Crippen LogP contribution >= 0.6 is 0 Å². The summed E-state index contributed by atoms with van der Waals surface area (Å²) in [6, 6.07) is 0. The summed E-state index contributed by atoms with van der Waals surface area (Å²) in [5, 5.41) is 30.3. The molecule has 81 heavy (non-hydrogen) atoms. The molecule has 0 aromatic rings. The molecule has 1 aliphatic heterocycles. The van der Waals surface area contributed by atoms with Crippen LogP contribution in [0.25, 0.3) is 0 Å². The molecule has 16 aliphatic carbocycles. The van der Waals surface area contributed by atoms with Crippen LogP contribution in [0.15, 0.2) is 23.8 Å². The van der Waals surface area contributed by atoms with Crippen LogP contribution in [0.2, 0.25) is 0 Å². The molecule has 0 aromatic carbocycles. The molecule has 17 rings (SSSR count). The number of hydrogen-bond donors (Lipinski definition) is 3. The molecule has 1 saturated heterocycles. The minimum Gasteiger partial charge on any atom is -0.393 e. The first kappa shape index (κ1) is 57.1. The van der Waals surface area contributed by atoms with Gasteiger partial charge >= 0.3 is 0 Å². The summed E-state index contributed by atoms with van der Waals surface area (Å²) in [6.45, 7) is 15.1. The summed E-state index contributed by atoms with van der Waals surface area (Å²) >= 11 is 0. The predicted octanol–water partition coefficient (Wildman–Crippen LogP) is 15.6. The first-order valence-electron chi connectivity index (χ1n) is 35.5. The van der Waals surface area contributed by atoms with Crippen molar-refractivity contribution < 1.29 is 34.4 Å². The maximum absolute atomic E-state index is 12.3. The Hall–Kier alpha value is -1.67. The highest BCUT2D eigenvalue weighted by Gasteiger charge is 2.68. The summed E-state index contributed by atoms with van der Waals surface area (Å²) < 4.78 is 6.00. The van der Waals surface area contributed by atoms with Crippen molar-refractivity contribution in [2.45, 2.75) is 276 Å². The fourth-order valence-corrected chi connectivity index (χ4v) is 26.2. The van der Waals surface area contributed by atoms with Gasteiger partial charge in [-0.3, -0.25) is 14.4 Å². The zero-order valence-corrected chi connectivity index (χ0v) is 51.4. The Morgan fingerprint density at radius 3 is 1.72 bits per heavy atom. The van der Waals surface area contributed by atoms with Gasteiger partial charge in [-0.25, -0.2) is 0 Å². The molecule has 27 atom stereocenters. The molecule has 0 radical (unpaired) electrons. The number of aliphatic hydroxyl groups excluding tert-OH is 3. The average Bonchev–Trinajstić information content (AvgIpc) is 4.14. The number of carbonyl (C=O) groups is 3. The van der Waals surface area contributed by atoms with E-state index in [1.165, 1.54) is 153 Å². The molecule has 17 aliphatic rings. The van der Waals surface area contributed by atoms with Gasteiger partial charge in [-0.05, 0) is 328 Å². The molecule has 0 bridgehead atoms. The topological polar surface area (TPSA) is 124 Å². The summed E-state index contributed by atoms with van der Waals surface area (Å²) in [5.41, 5.74) is 4.48. The van der Waals surface area contributed by atoms with E-state index in [0.717, 1.165) is 184 Å². The third kappa shape index (κ3) is 9.84. The smallest absolute Gasteiger partial charge is 0.155 e. The second kappa shape index (κ2) is 21.6. The van der Waals surface area contributed by atoms with E-state index in [9.17, 15) is 29.7 Å². The number of carbonyl (C=O) groups excluding carboxylic acids is 3. The van der Waals surface area contributed by atoms with Crippen molar-refractivity contribution in [2.75, 3.05) is 6.61 Å². The van der Waals surface area contributed by atoms with Crippen LogP contribution < -0.4 is 0 Å². The quantitative estimate of drug-likeness (QED) is 0.163. The predicted molar refractivity (Wildman–Crippen MR) is 319 cm³/mol. The van der Waals surface area contributed by atoms with E-state index in [1.807, 2.05) is 6.08 Å². The van der Waals surface area contributed by atoms with Crippen molar-refractivity contribution in [2.24, 2.45) is 134 Å². The second-order valence-corrected chi connectivity index (χ2v) is 34.1. The highest BCUT2D eigenvalue weighted by atomic mass is 16.6. The minimum absolute atomic E-state index is 0.00581. The third-order valence-corrected chi connectivity index (χ3v) is 31.1. The molecule has 0 amide bonds. The Balaban J connectivity index is 0.0000000970. The van der Waals surface area contributed by atoms with Gasteiger partial charge in [0.1, 0.15) is 11.6 Å². The van der Waals surface area contributed by atoms with E-state index >= 15 is 0 Å². The maximum Gasteiger partial charge on any atom is 0.155 e. The van der Waals surface area contributed by atoms with Gasteiger partial charge in [-0.2, -0.15) is 0 Å². The molecule has 15 saturated carbocycles. The zero-order valence-electron chi connectivity index (χ0n) is 51.4. The Morgan fingerprint density at radius 2 is 1.04 bits per heavy atom. The van der Waals surface area contributed by atoms with Crippen LogP contribution in [0.3, 0.4) is 0 Å². The Morgan fingerprint density at radius 1 is 0.469 bits per heavy atom. The molecule has 450 valence electrons. The van der Waals surface area contributed by atoms with Crippen molar-refractivity contribution in [3.05, 3.63) is 23.8 Å². The summed E-state index contributed by atoms with van der Waals surface area (Å²) in [5.74, 6) is 17.4. The number of ketones is 3. The van der Waals surface area contributed by atoms with E-state index in [2.05, 4.69) is 34.3 Å². The van der Waals surface area contributed by atoms with Crippen LogP contribution in [-0.4, -0.2) is 63.2 Å². The SMILES string of the molecule is C=C1CC[C@@H]2C[C@H]3[C@@H](CC[C@@H]4CC(=O)CC[C@@H]43)C[C@@]12C.C[C@@]12C[C@@H]3CCC4=CC(=O)CC[C@@H]4[C@H]3C[C@H]1CC[C@H]2O.C[C@@]12C[C@@H]3CC[C@@H]4C[C@H](O)CC[C@@H]4[C@H]3C[C@H]1CCC2=O.C[C@@]12C[C@@H]3CC[C@@H]4C[C@H](O)CC[C@@H]4[C@H]3C[C@H]1CC[C@]21CO1. The standard InChI is InChI=1S/C19H30O2.C19H28O.C18H28O2.C18H26O2/c1-18-10-13-3-2-12-8-15(20)4-5-16(12)17(13)9-14(18)6-7-19(18)11-21-19;1-12-3-6-15-10-18-14(11-19(12,15)2)5-4-13-9-16(20)7-8-17(13)18;2*1-18-10-12-3-2-11-8-14(19)5-6-15(11)16(12)9-13(18)4-7-17(18)20/h12-17,20H,2-11H2,1H3;13-15,17-18H,1,3-11H2,2H3;11-16,19H,2-10H2,1H3;8,12-13,15-17,20H,2-7,9-10H2,1H3/t12-,13+,14-,15-,16+,17+,18-,19+;13-,14+,15-,17+,18+,19+;11-,12+,13-,14-,15+,16+,18-;12-,13+,15-,16-,17+,18+/m1110/s1. The number of hydrogen-bond acceptors (Lipinski definition) is 7. The number of rotatable bonds is 0. The van der Waals surface area contributed by atoms with Gasteiger partial charge in [0.05, 0.1) is 30.5 Å². The van der Waals surface area contributed by atoms with Crippen LogP contribution in [0.4, 0.5) is 0 Å². The largest absolute Gasteiger partial charge is 0.393 e. The van der Waals surface area contributed by atoms with Crippen molar-refractivity contribution in [3.8, 4) is 0 Å². The van der Waals surface area contributed by atoms with Crippen molar-refractivity contribution in [1.82, 2.24) is 0 Å². The van der Waals surface area contributed by atoms with E-state index in [-0.39, 0.29) is 29.1 Å². The molecule has 0 unspecified atom stereocenters. The summed E-state index contributed by atoms with van der Waals surface area (Å²) in [6.07, 6.45) is 44.4. The average molecular weight is 1110 g/mol. The Bertz CT molecular complexity index is 2440. The van der Waals surface area contributed by atoms with Gasteiger partial charge in [-0.1, -0.05) is 45.4 Å². The van der Waals surface area contributed by atoms with Gasteiger partial charge in [0.2, 0.25) is 0 Å². The van der Waals surface area contributed by atoms with Crippen molar-refractivity contribution in [1.29, 1.82) is 0 Å². The summed E-state index contributed by atoms with van der Waals surface area (Å²) in [7, 11) is 0. The van der Waals surface area contributed by atoms with E-state index in [4.69, 9.17) is 4.74 Å². The van der Waals surface area contributed by atoms with Crippen LogP contribution in [0.1, 0.15) is 252 Å². The lowest BCUT2D eigenvalue weighted by Gasteiger charge is -2.55. The second-order valence-electron chi connectivity index (χ2n) is 34.1. The molecular formula is C74H112O7. The highest BCUT2D eigenvalue weighted by Crippen LogP contribution is 2.70. The first-order valence-corrected chi connectivity index (χ1v) is 35.5. The first-order chi connectivity index (χ1) is 38.8. The van der Waals surface area contributed by atoms with Gasteiger partial charge in [0, 0.05) is 36.5 Å². The minimum atomic E-state index is -0.0710. The Labute approximate surface area is 490 Å². The lowest BCUT2D eigenvalue weighted by atomic mass is 9.50. The Kier molecular flexibility index (Phi) is 15.2. The van der Waals surface area contributed by atoms with Crippen LogP contribution in [-0.2, 0) is 19.1 Å². The molecule has 16 fully saturated rings. The van der Waals surface area contributed by atoms with E-state index in [1.54, 1.807) is 5.57 Å². The summed E-state index contributed by atoms with van der Waals surface area (Å²) in [4.78, 5) is 35.7. The number of aliphatic hydroxyl groups is 3. The molecule has 7 heteroatoms. The van der Waals surface area contributed by atoms with Crippen molar-refractivity contribution in [3.63, 3.8) is 0 Å². The molecule has 3 N–H and O–H groups in total. The van der Waals surface area contributed by atoms with Crippen molar-refractivity contribution >= 4 is 17.3 Å². The number of fused-ring (bicyclic) bond motifs is 17. The maximum atomic E-state index is 12.3. The monoisotopic (exact) mass is 1110 g/mol. The fraction of sp³-hybridized carbons (Fsp3) is 0.905. The van der Waals surface area contributed by atoms with Gasteiger partial charge in [0.25, 0.3) is 0 Å². The van der Waals surface area contributed by atoms with Gasteiger partial charge in [-0.15, -0.1) is 0 Å². The lowest BCUT2D eigenvalue weighted by Crippen LogP contribution is -2.49. The fourth-order valence-electron chi connectivity index (χ4n) is 26.2. The number of epoxide rings is 1. The molecule has 0 aromatic heterocycles. The van der Waals surface area contributed by atoms with E-state index < -0.39 is 0 Å². The number of ether oxygens (including phenoxy) is 1. The zero-order chi connectivity index (χ0) is 56.0. The molecule has 7 nitrogen and oxygen atoms in total.